The number of ether oxygens (including phenoxy) is 3. The van der Waals surface area contributed by atoms with Gasteiger partial charge in [-0.3, -0.25) is 4.90 Å². The van der Waals surface area contributed by atoms with Gasteiger partial charge in [-0.05, 0) is 84.6 Å². The summed E-state index contributed by atoms with van der Waals surface area (Å²) < 4.78 is 20.9. The third-order valence-corrected chi connectivity index (χ3v) is 9.84. The average Bonchev–Trinajstić information content (AvgIpc) is 3.55. The van der Waals surface area contributed by atoms with Gasteiger partial charge in [-0.15, -0.1) is 0 Å². The first-order valence-electron chi connectivity index (χ1n) is 19.7. The Labute approximate surface area is 322 Å². The quantitative estimate of drug-likeness (QED) is 0.0650. The monoisotopic (exact) mass is 724 g/mol. The second-order valence-electron chi connectivity index (χ2n) is 13.9. The largest absolute Gasteiger partial charge is 0.493 e. The fraction of sp³-hybridized carbons (Fsp3) is 0.340. The van der Waals surface area contributed by atoms with Crippen molar-refractivity contribution in [3.8, 4) is 17.2 Å². The van der Waals surface area contributed by atoms with E-state index in [0.717, 1.165) is 104 Å². The van der Waals surface area contributed by atoms with Gasteiger partial charge in [0.15, 0.2) is 0 Å². The number of nitrogens with zero attached hydrogens (tertiary/aromatic N) is 4. The molecule has 0 N–H and O–H groups in total. The molecule has 0 unspecified atom stereocenters. The van der Waals surface area contributed by atoms with E-state index in [1.807, 2.05) is 36.4 Å². The number of aryl methyl sites for hydroxylation is 1. The van der Waals surface area contributed by atoms with Gasteiger partial charge in [-0.25, -0.2) is 4.98 Å². The lowest BCUT2D eigenvalue weighted by atomic mass is 10.1. The van der Waals surface area contributed by atoms with Crippen LogP contribution in [-0.2, 0) is 39.4 Å². The zero-order valence-electron chi connectivity index (χ0n) is 32.3. The van der Waals surface area contributed by atoms with E-state index < -0.39 is 0 Å². The highest BCUT2D eigenvalue weighted by molar-refractivity contribution is 5.78. The van der Waals surface area contributed by atoms with Crippen LogP contribution in [0.5, 0.6) is 17.2 Å². The van der Waals surface area contributed by atoms with E-state index in [9.17, 15) is 0 Å². The van der Waals surface area contributed by atoms with Crippen molar-refractivity contribution in [1.82, 2.24) is 19.4 Å². The molecule has 6 aromatic rings. The number of hydrogen-bond acceptors (Lipinski definition) is 6. The first-order chi connectivity index (χ1) is 26.6. The molecule has 7 heteroatoms. The first-order valence-corrected chi connectivity index (χ1v) is 19.7. The Balaban J connectivity index is 1.19. The molecule has 0 amide bonds. The van der Waals surface area contributed by atoms with Crippen LogP contribution in [0.25, 0.3) is 11.0 Å². The average molecular weight is 725 g/mol. The number of aromatic nitrogens is 2. The minimum Gasteiger partial charge on any atom is -0.493 e. The van der Waals surface area contributed by atoms with Crippen molar-refractivity contribution >= 4 is 11.0 Å². The fourth-order valence-corrected chi connectivity index (χ4v) is 6.69. The number of imidazole rings is 1. The molecule has 7 nitrogen and oxygen atoms in total. The molecule has 0 saturated carbocycles. The standard InChI is InChI=1S/C47H56N4O3/c1-4-7-30-51-46-32-44(52-31-14-29-49(5-2)6-3)27-28-45(46)48-47(51)35-50(33-38-19-23-42(24-20-38)53-36-40-15-10-8-11-16-40)34-39-21-25-43(26-22-39)54-37-41-17-12-9-13-18-41/h8-13,15-28,32H,4-7,14,29-31,33-37H2,1-3H3. The molecule has 54 heavy (non-hydrogen) atoms. The Morgan fingerprint density at radius 3 is 1.63 bits per heavy atom. The van der Waals surface area contributed by atoms with Crippen molar-refractivity contribution < 1.29 is 14.2 Å². The van der Waals surface area contributed by atoms with Crippen LogP contribution in [0.4, 0.5) is 0 Å². The van der Waals surface area contributed by atoms with E-state index in [-0.39, 0.29) is 0 Å². The summed E-state index contributed by atoms with van der Waals surface area (Å²) in [7, 11) is 0. The van der Waals surface area contributed by atoms with Gasteiger partial charge >= 0.3 is 0 Å². The molecule has 0 aliphatic carbocycles. The number of unbranched alkanes of at least 4 members (excludes halogenated alkanes) is 1. The molecule has 0 radical (unpaired) electrons. The van der Waals surface area contributed by atoms with E-state index >= 15 is 0 Å². The minimum absolute atomic E-state index is 0.550. The maximum Gasteiger partial charge on any atom is 0.124 e. The molecule has 0 spiro atoms. The SMILES string of the molecule is CCCCn1c(CN(Cc2ccc(OCc3ccccc3)cc2)Cc2ccc(OCc3ccccc3)cc2)nc2ccc(OCCCN(CC)CC)cc21. The fourth-order valence-electron chi connectivity index (χ4n) is 6.69. The third kappa shape index (κ3) is 11.4. The first kappa shape index (κ1) is 38.6. The Morgan fingerprint density at radius 1 is 0.537 bits per heavy atom. The van der Waals surface area contributed by atoms with E-state index in [1.54, 1.807) is 0 Å². The molecule has 0 aliphatic heterocycles. The van der Waals surface area contributed by atoms with Crippen LogP contribution in [0.1, 0.15) is 68.1 Å². The molecule has 282 valence electrons. The Bertz CT molecular complexity index is 1870. The molecule has 0 atom stereocenters. The summed E-state index contributed by atoms with van der Waals surface area (Å²) in [5.74, 6) is 3.72. The van der Waals surface area contributed by atoms with Crippen LogP contribution in [-0.4, -0.2) is 45.6 Å². The predicted molar refractivity (Wildman–Crippen MR) is 220 cm³/mol. The van der Waals surface area contributed by atoms with Crippen LogP contribution in [0.2, 0.25) is 0 Å². The second-order valence-corrected chi connectivity index (χ2v) is 13.9. The molecule has 6 rings (SSSR count). The van der Waals surface area contributed by atoms with Crippen molar-refractivity contribution in [2.75, 3.05) is 26.2 Å². The highest BCUT2D eigenvalue weighted by atomic mass is 16.5. The second kappa shape index (κ2) is 20.4. The summed E-state index contributed by atoms with van der Waals surface area (Å²) in [6.45, 7) is 14.8. The van der Waals surface area contributed by atoms with Gasteiger partial charge in [-0.1, -0.05) is 112 Å². The zero-order chi connectivity index (χ0) is 37.4. The normalized spacial score (nSPS) is 11.4. The van der Waals surface area contributed by atoms with Gasteiger partial charge in [-0.2, -0.15) is 0 Å². The molecule has 5 aromatic carbocycles. The summed E-state index contributed by atoms with van der Waals surface area (Å²) in [4.78, 5) is 10.1. The smallest absolute Gasteiger partial charge is 0.124 e. The van der Waals surface area contributed by atoms with Crippen LogP contribution in [0, 0.1) is 0 Å². The van der Waals surface area contributed by atoms with Crippen molar-refractivity contribution in [3.63, 3.8) is 0 Å². The molecular weight excluding hydrogens is 669 g/mol. The number of fused-ring (bicyclic) bond motifs is 1. The topological polar surface area (TPSA) is 52.0 Å². The van der Waals surface area contributed by atoms with Crippen molar-refractivity contribution in [2.24, 2.45) is 0 Å². The van der Waals surface area contributed by atoms with Crippen molar-refractivity contribution in [1.29, 1.82) is 0 Å². The maximum absolute atomic E-state index is 6.27. The summed E-state index contributed by atoms with van der Waals surface area (Å²) in [6, 6.07) is 44.0. The lowest BCUT2D eigenvalue weighted by Crippen LogP contribution is -2.25. The molecule has 1 aromatic heterocycles. The van der Waals surface area contributed by atoms with Crippen LogP contribution in [0.15, 0.2) is 127 Å². The lowest BCUT2D eigenvalue weighted by molar-refractivity contribution is 0.237. The molecule has 1 heterocycles. The molecular formula is C47H56N4O3. The maximum atomic E-state index is 6.27. The summed E-state index contributed by atoms with van der Waals surface area (Å²) >= 11 is 0. The van der Waals surface area contributed by atoms with E-state index in [0.29, 0.717) is 26.4 Å². The van der Waals surface area contributed by atoms with Crippen molar-refractivity contribution in [2.45, 2.75) is 79.4 Å². The Morgan fingerprint density at radius 2 is 1.09 bits per heavy atom. The molecule has 0 bridgehead atoms. The van der Waals surface area contributed by atoms with E-state index in [2.05, 4.69) is 126 Å². The van der Waals surface area contributed by atoms with Crippen LogP contribution in [0.3, 0.4) is 0 Å². The molecule has 0 saturated heterocycles. The summed E-state index contributed by atoms with van der Waals surface area (Å²) in [6.07, 6.45) is 3.21. The lowest BCUT2D eigenvalue weighted by Gasteiger charge is -2.23. The van der Waals surface area contributed by atoms with Gasteiger partial charge in [0, 0.05) is 32.2 Å². The van der Waals surface area contributed by atoms with Gasteiger partial charge in [0.1, 0.15) is 36.3 Å². The van der Waals surface area contributed by atoms with Gasteiger partial charge in [0.25, 0.3) is 0 Å². The molecule has 0 aliphatic rings. The minimum atomic E-state index is 0.550. The third-order valence-electron chi connectivity index (χ3n) is 9.84. The summed E-state index contributed by atoms with van der Waals surface area (Å²) in [5.41, 5.74) is 6.91. The Hall–Kier alpha value is -5.11. The van der Waals surface area contributed by atoms with E-state index in [4.69, 9.17) is 19.2 Å². The van der Waals surface area contributed by atoms with Crippen LogP contribution >= 0.6 is 0 Å². The predicted octanol–water partition coefficient (Wildman–Crippen LogP) is 10.3. The van der Waals surface area contributed by atoms with Crippen LogP contribution < -0.4 is 14.2 Å². The van der Waals surface area contributed by atoms with Gasteiger partial charge in [0.05, 0.1) is 24.2 Å². The highest BCUT2D eigenvalue weighted by Crippen LogP contribution is 2.26. The van der Waals surface area contributed by atoms with E-state index in [1.165, 1.54) is 11.1 Å². The number of rotatable bonds is 22. The number of benzene rings is 5. The Kier molecular flexibility index (Phi) is 14.6. The van der Waals surface area contributed by atoms with Gasteiger partial charge < -0.3 is 23.7 Å². The van der Waals surface area contributed by atoms with Crippen molar-refractivity contribution in [3.05, 3.63) is 155 Å². The highest BCUT2D eigenvalue weighted by Gasteiger charge is 2.17. The number of hydrogen-bond donors (Lipinski definition) is 0. The van der Waals surface area contributed by atoms with Gasteiger partial charge in [0.2, 0.25) is 0 Å². The summed E-state index contributed by atoms with van der Waals surface area (Å²) in [5, 5.41) is 0. The molecule has 0 fully saturated rings. The zero-order valence-corrected chi connectivity index (χ0v) is 32.3.